The number of carbonyl (C=O) groups is 8. The number of aromatic carboxylic acids is 2. The molecule has 4 aromatic rings. The fourth-order valence-corrected chi connectivity index (χ4v) is 9.33. The summed E-state index contributed by atoms with van der Waals surface area (Å²) in [5, 5.41) is 36.0. The van der Waals surface area contributed by atoms with Gasteiger partial charge in [-0.2, -0.15) is 0 Å². The first kappa shape index (κ1) is 57.8. The second kappa shape index (κ2) is 29.6. The van der Waals surface area contributed by atoms with Gasteiger partial charge < -0.3 is 48.8 Å². The Labute approximate surface area is 445 Å². The third kappa shape index (κ3) is 18.1. The molecule has 3 fully saturated rings. The number of esters is 6. The molecule has 412 valence electrons. The predicted octanol–water partition coefficient (Wildman–Crippen LogP) is 9.25. The van der Waals surface area contributed by atoms with E-state index in [1.165, 1.54) is 72.8 Å². The first-order valence-corrected chi connectivity index (χ1v) is 25.8. The Kier molecular flexibility index (Phi) is 22.5. The molecule has 4 aromatic carbocycles. The van der Waals surface area contributed by atoms with Crippen LogP contribution >= 0.6 is 0 Å². The number of ether oxygens (including phenoxy) is 6. The minimum atomic E-state index is -1.10. The monoisotopic (exact) mass is 1060 g/mol. The van der Waals surface area contributed by atoms with Crippen molar-refractivity contribution in [3.05, 3.63) is 142 Å². The van der Waals surface area contributed by atoms with Crippen molar-refractivity contribution in [2.24, 2.45) is 35.5 Å². The van der Waals surface area contributed by atoms with Crippen LogP contribution in [0.25, 0.3) is 0 Å². The first-order chi connectivity index (χ1) is 36.7. The number of aliphatic hydroxyl groups excluding tert-OH is 2. The van der Waals surface area contributed by atoms with Crippen LogP contribution in [0.3, 0.4) is 0 Å². The predicted molar refractivity (Wildman–Crippen MR) is 278 cm³/mol. The smallest absolute Gasteiger partial charge is 0.338 e. The van der Waals surface area contributed by atoms with E-state index in [0.29, 0.717) is 60.5 Å². The van der Waals surface area contributed by atoms with Crippen LogP contribution in [0.1, 0.15) is 164 Å². The van der Waals surface area contributed by atoms with Crippen molar-refractivity contribution in [1.82, 2.24) is 0 Å². The molecule has 0 heterocycles. The molecule has 76 heavy (non-hydrogen) atoms. The van der Waals surface area contributed by atoms with Gasteiger partial charge in [-0.15, -0.1) is 0 Å². The average Bonchev–Trinajstić information content (AvgIpc) is 3.46. The molecule has 0 saturated heterocycles. The molecule has 0 spiro atoms. The van der Waals surface area contributed by atoms with Crippen LogP contribution in [0.15, 0.2) is 97.1 Å². The molecule has 7 rings (SSSR count). The minimum Gasteiger partial charge on any atom is -0.478 e. The second-order valence-corrected chi connectivity index (χ2v) is 19.6. The van der Waals surface area contributed by atoms with Gasteiger partial charge in [0.25, 0.3) is 0 Å². The molecular formula is C58H72O18. The van der Waals surface area contributed by atoms with Crippen molar-refractivity contribution < 1.29 is 91.5 Å². The van der Waals surface area contributed by atoms with Crippen LogP contribution in [0.4, 0.5) is 0 Å². The summed E-state index contributed by atoms with van der Waals surface area (Å²) in [5.41, 5.74) is 2.05. The lowest BCUT2D eigenvalue weighted by molar-refractivity contribution is 0.0297. The molecule has 18 nitrogen and oxygen atoms in total. The third-order valence-corrected chi connectivity index (χ3v) is 14.2. The zero-order valence-electron chi connectivity index (χ0n) is 42.3. The maximum absolute atomic E-state index is 12.5. The lowest BCUT2D eigenvalue weighted by atomic mass is 9.83. The average molecular weight is 1060 g/mol. The van der Waals surface area contributed by atoms with Gasteiger partial charge in [0.05, 0.1) is 84.1 Å². The Morgan fingerprint density at radius 2 is 0.592 bits per heavy atom. The Bertz CT molecular complexity index is 2590. The van der Waals surface area contributed by atoms with Crippen molar-refractivity contribution >= 4 is 47.8 Å². The zero-order valence-corrected chi connectivity index (χ0v) is 42.3. The number of carboxylic acid groups (broad SMARTS) is 2. The van der Waals surface area contributed by atoms with E-state index >= 15 is 0 Å². The lowest BCUT2D eigenvalue weighted by Crippen LogP contribution is -2.24. The van der Waals surface area contributed by atoms with E-state index < -0.39 is 47.8 Å². The quantitative estimate of drug-likeness (QED) is 0.0447. The Morgan fingerprint density at radius 3 is 0.868 bits per heavy atom. The molecule has 0 unspecified atom stereocenters. The van der Waals surface area contributed by atoms with E-state index in [0.717, 1.165) is 77.0 Å². The van der Waals surface area contributed by atoms with Crippen LogP contribution in [0, 0.1) is 35.5 Å². The zero-order chi connectivity index (χ0) is 54.4. The van der Waals surface area contributed by atoms with Gasteiger partial charge in [0.2, 0.25) is 0 Å². The van der Waals surface area contributed by atoms with Crippen molar-refractivity contribution in [1.29, 1.82) is 0 Å². The maximum Gasteiger partial charge on any atom is 0.338 e. The van der Waals surface area contributed by atoms with Gasteiger partial charge in [0.1, 0.15) is 6.61 Å². The summed E-state index contributed by atoms with van der Waals surface area (Å²) in [6.07, 6.45) is 10.6. The molecule has 0 radical (unpaired) electrons. The second-order valence-electron chi connectivity index (χ2n) is 19.6. The third-order valence-electron chi connectivity index (χ3n) is 14.2. The van der Waals surface area contributed by atoms with Crippen LogP contribution < -0.4 is 0 Å². The van der Waals surface area contributed by atoms with Gasteiger partial charge in [-0.1, -0.05) is 6.07 Å². The highest BCUT2D eigenvalue weighted by molar-refractivity contribution is 5.96. The SMILES string of the molecule is O=C(O)c1ccc(C(=O)OCC2CCC(COC(=O)c3ccc(C(=O)OCCO)cc3)CC2)cc1.O=C(O)c1cccc(C(=O)OCC2CCC(COC(=O)c3ccc(C(=O)OCC4CCC(CO)CC4)cc3)CC2)c1.[HH].[HH].[HH]. The number of hydrogen-bond donors (Lipinski definition) is 4. The highest BCUT2D eigenvalue weighted by atomic mass is 16.6. The van der Waals surface area contributed by atoms with Crippen molar-refractivity contribution in [3.8, 4) is 0 Å². The molecule has 0 atom stereocenters. The fraction of sp³-hybridized carbons (Fsp3) is 0.448. The number of carboxylic acids is 2. The number of carbonyl (C=O) groups excluding carboxylic acids is 6. The highest BCUT2D eigenvalue weighted by Gasteiger charge is 2.27. The normalized spacial score (nSPS) is 20.0. The molecule has 0 amide bonds. The van der Waals surface area contributed by atoms with Crippen molar-refractivity contribution in [2.45, 2.75) is 77.0 Å². The van der Waals surface area contributed by atoms with Crippen LogP contribution in [0.5, 0.6) is 0 Å². The minimum absolute atomic E-state index is 0. The molecule has 0 bridgehead atoms. The van der Waals surface area contributed by atoms with Crippen molar-refractivity contribution in [3.63, 3.8) is 0 Å². The van der Waals surface area contributed by atoms with Gasteiger partial charge in [0.15, 0.2) is 0 Å². The van der Waals surface area contributed by atoms with E-state index in [1.54, 1.807) is 24.3 Å². The van der Waals surface area contributed by atoms with E-state index in [1.807, 2.05) is 0 Å². The van der Waals surface area contributed by atoms with E-state index in [-0.39, 0.29) is 76.6 Å². The van der Waals surface area contributed by atoms with Gasteiger partial charge in [0, 0.05) is 10.9 Å². The summed E-state index contributed by atoms with van der Waals surface area (Å²) in [4.78, 5) is 95.5. The summed E-state index contributed by atoms with van der Waals surface area (Å²) in [5.74, 6) is -3.50. The topological polar surface area (TPSA) is 273 Å². The van der Waals surface area contributed by atoms with Gasteiger partial charge >= 0.3 is 47.8 Å². The maximum atomic E-state index is 12.5. The fourth-order valence-electron chi connectivity index (χ4n) is 9.33. The van der Waals surface area contributed by atoms with Gasteiger partial charge in [-0.05, 0) is 204 Å². The molecule has 3 saturated carbocycles. The highest BCUT2D eigenvalue weighted by Crippen LogP contribution is 2.32. The Hall–Kier alpha value is -7.44. The Morgan fingerprint density at radius 1 is 0.342 bits per heavy atom. The first-order valence-electron chi connectivity index (χ1n) is 25.8. The van der Waals surface area contributed by atoms with E-state index in [2.05, 4.69) is 0 Å². The lowest BCUT2D eigenvalue weighted by Gasteiger charge is -2.27. The molecular weight excluding hydrogens is 985 g/mol. The van der Waals surface area contributed by atoms with Gasteiger partial charge in [-0.25, -0.2) is 38.4 Å². The summed E-state index contributed by atoms with van der Waals surface area (Å²) in [6.45, 7) is 1.39. The van der Waals surface area contributed by atoms with E-state index in [9.17, 15) is 43.5 Å². The summed E-state index contributed by atoms with van der Waals surface area (Å²) < 4.78 is 32.1. The standard InChI is InChI=1S/C32H38O9.C26H28O9.3H2/c33-17-21-4-6-22(7-5-21)18-39-30(36)25-12-14-26(15-13-25)31(37)40-19-23-8-10-24(11-9-23)20-41-32(38)28-3-1-2-27(16-28)29(34)35;27-13-14-33-24(30)20-9-11-22(12-10-20)26(32)35-16-18-3-1-17(2-4-18)15-34-25(31)21-7-5-19(6-8-21)23(28)29;;;/h1-3,12-16,21-24,33H,4-11,17-20H2,(H,34,35);5-12,17-18,27H,1-4,13-16H2,(H,28,29);3*1H. The van der Waals surface area contributed by atoms with Crippen molar-refractivity contribution in [2.75, 3.05) is 52.9 Å². The largest absolute Gasteiger partial charge is 0.478 e. The van der Waals surface area contributed by atoms with Crippen LogP contribution in [-0.4, -0.2) is 121 Å². The summed E-state index contributed by atoms with van der Waals surface area (Å²) in [6, 6.07) is 23.6. The van der Waals surface area contributed by atoms with E-state index in [4.69, 9.17) is 43.7 Å². The Balaban J connectivity index is 0.000000405. The number of benzene rings is 4. The molecule has 3 aliphatic carbocycles. The number of rotatable bonds is 21. The summed E-state index contributed by atoms with van der Waals surface area (Å²) >= 11 is 0. The number of hydrogen-bond acceptors (Lipinski definition) is 16. The summed E-state index contributed by atoms with van der Waals surface area (Å²) in [7, 11) is 0. The number of aliphatic hydroxyl groups is 2. The van der Waals surface area contributed by atoms with Crippen LogP contribution in [-0.2, 0) is 28.4 Å². The molecule has 0 aromatic heterocycles. The van der Waals surface area contributed by atoms with Crippen LogP contribution in [0.2, 0.25) is 0 Å². The molecule has 18 heteroatoms. The molecule has 3 aliphatic rings. The van der Waals surface area contributed by atoms with Gasteiger partial charge in [-0.3, -0.25) is 0 Å². The molecule has 4 N–H and O–H groups in total. The molecule has 0 aliphatic heterocycles.